The first-order chi connectivity index (χ1) is 12.7. The number of aromatic nitrogens is 5. The van der Waals surface area contributed by atoms with Crippen molar-refractivity contribution in [1.82, 2.24) is 29.5 Å². The summed E-state index contributed by atoms with van der Waals surface area (Å²) in [7, 11) is 0. The highest BCUT2D eigenvalue weighted by atomic mass is 79.9. The summed E-state index contributed by atoms with van der Waals surface area (Å²) in [6.07, 6.45) is 2.85. The Morgan fingerprint density at radius 3 is 3.00 bits per heavy atom. The highest BCUT2D eigenvalue weighted by Gasteiger charge is 2.20. The van der Waals surface area contributed by atoms with Crippen LogP contribution in [-0.2, 0) is 19.5 Å². The molecule has 0 saturated heterocycles. The van der Waals surface area contributed by atoms with Crippen molar-refractivity contribution in [2.24, 2.45) is 0 Å². The monoisotopic (exact) mass is 409 g/mol. The number of fused-ring (bicyclic) bond motifs is 4. The summed E-state index contributed by atoms with van der Waals surface area (Å²) < 4.78 is 2.52. The van der Waals surface area contributed by atoms with Gasteiger partial charge in [-0.05, 0) is 46.1 Å². The fourth-order valence-corrected chi connectivity index (χ4v) is 3.93. The molecule has 0 unspecified atom stereocenters. The third kappa shape index (κ3) is 2.53. The standard InChI is InChI=1S/C18H16BrN7/c19-13-5-1-4-12-16(13)23-18(20)26-17(12)22-15(24-26)10-25-8-6-11-3-2-7-21-14(11)9-25/h1-5,7H,6,8-10H2,(H2,20,23). The molecular weight excluding hydrogens is 394 g/mol. The molecule has 0 fully saturated rings. The zero-order chi connectivity index (χ0) is 17.7. The first-order valence-electron chi connectivity index (χ1n) is 8.43. The molecule has 1 aromatic carbocycles. The van der Waals surface area contributed by atoms with Crippen LogP contribution in [0.2, 0.25) is 0 Å². The van der Waals surface area contributed by atoms with E-state index in [0.717, 1.165) is 52.1 Å². The van der Waals surface area contributed by atoms with Crippen molar-refractivity contribution in [3.63, 3.8) is 0 Å². The average molecular weight is 410 g/mol. The lowest BCUT2D eigenvalue weighted by Crippen LogP contribution is -2.31. The number of anilines is 1. The van der Waals surface area contributed by atoms with Crippen molar-refractivity contribution in [2.45, 2.75) is 19.5 Å². The maximum absolute atomic E-state index is 6.11. The predicted octanol–water partition coefficient (Wildman–Crippen LogP) is 2.58. The molecule has 26 heavy (non-hydrogen) atoms. The molecule has 130 valence electrons. The Bertz CT molecular complexity index is 1140. The van der Waals surface area contributed by atoms with Gasteiger partial charge in [0.2, 0.25) is 5.95 Å². The second-order valence-corrected chi connectivity index (χ2v) is 7.29. The molecule has 5 rings (SSSR count). The van der Waals surface area contributed by atoms with E-state index >= 15 is 0 Å². The summed E-state index contributed by atoms with van der Waals surface area (Å²) in [5, 5.41) is 5.51. The lowest BCUT2D eigenvalue weighted by molar-refractivity contribution is 0.236. The van der Waals surface area contributed by atoms with Crippen LogP contribution < -0.4 is 5.73 Å². The number of halogens is 1. The van der Waals surface area contributed by atoms with Crippen molar-refractivity contribution >= 4 is 38.4 Å². The first-order valence-corrected chi connectivity index (χ1v) is 9.23. The summed E-state index contributed by atoms with van der Waals surface area (Å²) in [5.74, 6) is 1.08. The molecule has 0 radical (unpaired) electrons. The number of rotatable bonds is 2. The van der Waals surface area contributed by atoms with E-state index in [1.54, 1.807) is 4.52 Å². The van der Waals surface area contributed by atoms with Gasteiger partial charge in [-0.1, -0.05) is 12.1 Å². The van der Waals surface area contributed by atoms with Crippen molar-refractivity contribution in [2.75, 3.05) is 12.3 Å². The first kappa shape index (κ1) is 15.7. The van der Waals surface area contributed by atoms with Gasteiger partial charge in [0.15, 0.2) is 11.5 Å². The maximum atomic E-state index is 6.11. The fraction of sp³-hybridized carbons (Fsp3) is 0.222. The second-order valence-electron chi connectivity index (χ2n) is 6.44. The van der Waals surface area contributed by atoms with Crippen LogP contribution in [0.15, 0.2) is 41.0 Å². The van der Waals surface area contributed by atoms with Gasteiger partial charge in [-0.3, -0.25) is 9.88 Å². The minimum absolute atomic E-state index is 0.337. The molecule has 0 spiro atoms. The van der Waals surface area contributed by atoms with Gasteiger partial charge in [-0.25, -0.2) is 9.97 Å². The average Bonchev–Trinajstić information content (AvgIpc) is 3.07. The van der Waals surface area contributed by atoms with Gasteiger partial charge in [0, 0.05) is 29.1 Å². The van der Waals surface area contributed by atoms with E-state index in [9.17, 15) is 0 Å². The van der Waals surface area contributed by atoms with Crippen LogP contribution >= 0.6 is 15.9 Å². The minimum atomic E-state index is 0.337. The van der Waals surface area contributed by atoms with Gasteiger partial charge in [-0.15, -0.1) is 5.10 Å². The van der Waals surface area contributed by atoms with Gasteiger partial charge < -0.3 is 5.73 Å². The van der Waals surface area contributed by atoms with Gasteiger partial charge in [0.1, 0.15) is 0 Å². The third-order valence-corrected chi connectivity index (χ3v) is 5.38. The smallest absolute Gasteiger partial charge is 0.223 e. The molecule has 7 nitrogen and oxygen atoms in total. The maximum Gasteiger partial charge on any atom is 0.223 e. The summed E-state index contributed by atoms with van der Waals surface area (Å²) >= 11 is 3.53. The number of nitrogens with zero attached hydrogens (tertiary/aromatic N) is 6. The molecule has 0 aliphatic carbocycles. The molecule has 1 aliphatic rings. The molecule has 4 aromatic rings. The van der Waals surface area contributed by atoms with Gasteiger partial charge >= 0.3 is 0 Å². The molecule has 0 bridgehead atoms. The molecule has 0 amide bonds. The Kier molecular flexibility index (Phi) is 3.61. The number of hydrogen-bond donors (Lipinski definition) is 1. The number of nitrogen functional groups attached to an aromatic ring is 1. The number of benzene rings is 1. The second kappa shape index (κ2) is 6.00. The van der Waals surface area contributed by atoms with Crippen LogP contribution in [0.5, 0.6) is 0 Å². The molecule has 1 aliphatic heterocycles. The third-order valence-electron chi connectivity index (χ3n) is 4.74. The Morgan fingerprint density at radius 1 is 1.15 bits per heavy atom. The van der Waals surface area contributed by atoms with Crippen LogP contribution in [0.3, 0.4) is 0 Å². The van der Waals surface area contributed by atoms with E-state index in [1.807, 2.05) is 30.5 Å². The van der Waals surface area contributed by atoms with Gasteiger partial charge in [-0.2, -0.15) is 4.52 Å². The molecule has 0 saturated carbocycles. The van der Waals surface area contributed by atoms with Crippen LogP contribution in [-0.4, -0.2) is 36.0 Å². The number of pyridine rings is 1. The molecule has 0 atom stereocenters. The zero-order valence-corrected chi connectivity index (χ0v) is 15.5. The Balaban J connectivity index is 1.52. The molecule has 4 heterocycles. The number of hydrogen-bond acceptors (Lipinski definition) is 6. The normalized spacial score (nSPS) is 14.8. The Labute approximate surface area is 158 Å². The van der Waals surface area contributed by atoms with Crippen LogP contribution in [0.4, 0.5) is 5.95 Å². The van der Waals surface area contributed by atoms with Crippen LogP contribution in [0.25, 0.3) is 16.6 Å². The Morgan fingerprint density at radius 2 is 2.08 bits per heavy atom. The van der Waals surface area contributed by atoms with E-state index in [1.165, 1.54) is 5.56 Å². The van der Waals surface area contributed by atoms with Crippen molar-refractivity contribution in [3.05, 3.63) is 58.1 Å². The van der Waals surface area contributed by atoms with Crippen molar-refractivity contribution in [3.8, 4) is 0 Å². The highest BCUT2D eigenvalue weighted by Crippen LogP contribution is 2.26. The van der Waals surface area contributed by atoms with E-state index in [-0.39, 0.29) is 0 Å². The van der Waals surface area contributed by atoms with E-state index < -0.39 is 0 Å². The summed E-state index contributed by atoms with van der Waals surface area (Å²) in [6.45, 7) is 2.44. The van der Waals surface area contributed by atoms with E-state index in [2.05, 4.69) is 42.0 Å². The fourth-order valence-electron chi connectivity index (χ4n) is 3.47. The van der Waals surface area contributed by atoms with E-state index in [0.29, 0.717) is 12.5 Å². The largest absolute Gasteiger partial charge is 0.368 e. The highest BCUT2D eigenvalue weighted by molar-refractivity contribution is 9.10. The lowest BCUT2D eigenvalue weighted by atomic mass is 10.1. The van der Waals surface area contributed by atoms with Gasteiger partial charge in [0.25, 0.3) is 0 Å². The molecule has 3 aromatic heterocycles. The Hall–Kier alpha value is -2.58. The number of nitrogens with two attached hydrogens (primary N) is 1. The summed E-state index contributed by atoms with van der Waals surface area (Å²) in [5.41, 5.74) is 10.1. The van der Waals surface area contributed by atoms with Crippen molar-refractivity contribution in [1.29, 1.82) is 0 Å². The predicted molar refractivity (Wildman–Crippen MR) is 102 cm³/mol. The van der Waals surface area contributed by atoms with Crippen LogP contribution in [0.1, 0.15) is 17.1 Å². The summed E-state index contributed by atoms with van der Waals surface area (Å²) in [6, 6.07) is 10.0. The topological polar surface area (TPSA) is 85.2 Å². The molecule has 2 N–H and O–H groups in total. The quantitative estimate of drug-likeness (QED) is 0.547. The molecule has 8 heteroatoms. The zero-order valence-electron chi connectivity index (χ0n) is 13.9. The lowest BCUT2D eigenvalue weighted by Gasteiger charge is -2.26. The van der Waals surface area contributed by atoms with Crippen LogP contribution in [0, 0.1) is 0 Å². The molecular formula is C18H16BrN7. The van der Waals surface area contributed by atoms with E-state index in [4.69, 9.17) is 10.7 Å². The van der Waals surface area contributed by atoms with Crippen molar-refractivity contribution < 1.29 is 0 Å². The number of para-hydroxylation sites is 1. The summed E-state index contributed by atoms with van der Waals surface area (Å²) in [4.78, 5) is 16.0. The minimum Gasteiger partial charge on any atom is -0.368 e. The van der Waals surface area contributed by atoms with Gasteiger partial charge in [0.05, 0.1) is 17.8 Å². The SMILES string of the molecule is Nc1nc2c(Br)cccc2c2nc(CN3CCc4cccnc4C3)nn12.